The maximum atomic E-state index is 11.3. The van der Waals surface area contributed by atoms with Gasteiger partial charge >= 0.3 is 11.8 Å². The molecule has 0 aromatic carbocycles. The Morgan fingerprint density at radius 2 is 2.12 bits per heavy atom. The van der Waals surface area contributed by atoms with Crippen LogP contribution < -0.4 is 10.6 Å². The highest BCUT2D eigenvalue weighted by molar-refractivity contribution is 7.13. The Hall–Kier alpha value is -1.47. The third-order valence-electron chi connectivity index (χ3n) is 1.98. The molecule has 0 spiro atoms. The van der Waals surface area contributed by atoms with Crippen LogP contribution in [0.15, 0.2) is 11.6 Å². The van der Waals surface area contributed by atoms with E-state index in [1.807, 2.05) is 0 Å². The van der Waals surface area contributed by atoms with Crippen LogP contribution in [0.2, 0.25) is 0 Å². The highest BCUT2D eigenvalue weighted by Crippen LogP contribution is 2.09. The smallest absolute Gasteiger partial charge is 0.315 e. The second kappa shape index (κ2) is 7.75. The number of aliphatic hydroxyl groups excluding tert-OH is 1. The van der Waals surface area contributed by atoms with Crippen molar-refractivity contribution >= 4 is 28.3 Å². The number of carbonyl (C=O) groups excluding carboxylic acids is 2. The molecule has 0 saturated heterocycles. The molecule has 7 heteroatoms. The van der Waals surface area contributed by atoms with Gasteiger partial charge in [-0.25, -0.2) is 4.98 Å². The highest BCUT2D eigenvalue weighted by Gasteiger charge is 2.13. The summed E-state index contributed by atoms with van der Waals surface area (Å²) in [5, 5.41) is 15.6. The number of thiazole rings is 1. The number of nitrogens with zero attached hydrogens (tertiary/aromatic N) is 1. The van der Waals surface area contributed by atoms with Crippen LogP contribution in [0.4, 0.5) is 5.13 Å². The molecule has 1 rings (SSSR count). The summed E-state index contributed by atoms with van der Waals surface area (Å²) < 4.78 is 0. The minimum absolute atomic E-state index is 0.151. The SMILES string of the molecule is O=C(NCCCCCO)C(=O)Nc1nccs1. The van der Waals surface area contributed by atoms with Crippen LogP contribution >= 0.6 is 11.3 Å². The first-order valence-corrected chi connectivity index (χ1v) is 6.21. The molecule has 1 aromatic heterocycles. The summed E-state index contributed by atoms with van der Waals surface area (Å²) in [6.45, 7) is 0.586. The fraction of sp³-hybridized carbons (Fsp3) is 0.500. The Balaban J connectivity index is 2.16. The zero-order chi connectivity index (χ0) is 12.5. The summed E-state index contributed by atoms with van der Waals surface area (Å²) in [6.07, 6.45) is 3.83. The minimum atomic E-state index is -0.706. The predicted octanol–water partition coefficient (Wildman–Crippen LogP) is 0.360. The number of unbranched alkanes of at least 4 members (excludes halogenated alkanes) is 2. The highest BCUT2D eigenvalue weighted by atomic mass is 32.1. The van der Waals surface area contributed by atoms with Crippen LogP contribution in [-0.4, -0.2) is 35.1 Å². The molecular formula is C10H15N3O3S. The quantitative estimate of drug-likeness (QED) is 0.507. The molecule has 0 unspecified atom stereocenters. The molecule has 1 aromatic rings. The van der Waals surface area contributed by atoms with E-state index in [1.54, 1.807) is 11.6 Å². The van der Waals surface area contributed by atoms with Crippen molar-refractivity contribution in [1.82, 2.24) is 10.3 Å². The lowest BCUT2D eigenvalue weighted by atomic mass is 10.2. The second-order valence-electron chi connectivity index (χ2n) is 3.33. The van der Waals surface area contributed by atoms with Gasteiger partial charge in [-0.15, -0.1) is 11.3 Å². The van der Waals surface area contributed by atoms with Crippen LogP contribution in [0.25, 0.3) is 0 Å². The van der Waals surface area contributed by atoms with Gasteiger partial charge in [0.1, 0.15) is 0 Å². The van der Waals surface area contributed by atoms with Crippen LogP contribution in [0.5, 0.6) is 0 Å². The number of hydrogen-bond acceptors (Lipinski definition) is 5. The first kappa shape index (κ1) is 13.6. The fourth-order valence-electron chi connectivity index (χ4n) is 1.13. The summed E-state index contributed by atoms with van der Waals surface area (Å²) in [4.78, 5) is 26.5. The van der Waals surface area contributed by atoms with E-state index in [2.05, 4.69) is 15.6 Å². The van der Waals surface area contributed by atoms with Gasteiger partial charge in [-0.05, 0) is 19.3 Å². The standard InChI is InChI=1S/C10H15N3O3S/c14-6-3-1-2-4-11-8(15)9(16)13-10-12-5-7-17-10/h5,7,14H,1-4,6H2,(H,11,15)(H,12,13,16). The van der Waals surface area contributed by atoms with Crippen molar-refractivity contribution in [3.05, 3.63) is 11.6 Å². The van der Waals surface area contributed by atoms with E-state index < -0.39 is 11.8 Å². The van der Waals surface area contributed by atoms with E-state index in [0.29, 0.717) is 18.1 Å². The lowest BCUT2D eigenvalue weighted by Gasteiger charge is -2.04. The molecule has 0 atom stereocenters. The summed E-state index contributed by atoms with van der Waals surface area (Å²) in [6, 6.07) is 0. The van der Waals surface area contributed by atoms with Crippen molar-refractivity contribution in [2.24, 2.45) is 0 Å². The van der Waals surface area contributed by atoms with Gasteiger partial charge in [-0.2, -0.15) is 0 Å². The minimum Gasteiger partial charge on any atom is -0.396 e. The van der Waals surface area contributed by atoms with Gasteiger partial charge in [0.2, 0.25) is 0 Å². The number of aliphatic hydroxyl groups is 1. The van der Waals surface area contributed by atoms with E-state index in [4.69, 9.17) is 5.11 Å². The lowest BCUT2D eigenvalue weighted by Crippen LogP contribution is -2.35. The largest absolute Gasteiger partial charge is 0.396 e. The van der Waals surface area contributed by atoms with Crippen LogP contribution in [-0.2, 0) is 9.59 Å². The van der Waals surface area contributed by atoms with Crippen molar-refractivity contribution in [2.45, 2.75) is 19.3 Å². The number of anilines is 1. The molecule has 0 aliphatic rings. The molecule has 6 nitrogen and oxygen atoms in total. The number of nitrogens with one attached hydrogen (secondary N) is 2. The number of hydrogen-bond donors (Lipinski definition) is 3. The van der Waals surface area contributed by atoms with Crippen molar-refractivity contribution in [3.8, 4) is 0 Å². The van der Waals surface area contributed by atoms with Crippen LogP contribution in [0, 0.1) is 0 Å². The van der Waals surface area contributed by atoms with Gasteiger partial charge in [-0.3, -0.25) is 14.9 Å². The number of rotatable bonds is 6. The molecule has 94 valence electrons. The molecule has 0 saturated carbocycles. The second-order valence-corrected chi connectivity index (χ2v) is 4.23. The lowest BCUT2D eigenvalue weighted by molar-refractivity contribution is -0.136. The Kier molecular flexibility index (Phi) is 6.19. The van der Waals surface area contributed by atoms with E-state index in [-0.39, 0.29) is 6.61 Å². The van der Waals surface area contributed by atoms with Gasteiger partial charge in [-0.1, -0.05) is 0 Å². The predicted molar refractivity (Wildman–Crippen MR) is 64.7 cm³/mol. The first-order valence-electron chi connectivity index (χ1n) is 5.33. The molecule has 0 fully saturated rings. The summed E-state index contributed by atoms with van der Waals surface area (Å²) >= 11 is 1.25. The van der Waals surface area contributed by atoms with Gasteiger partial charge in [0.25, 0.3) is 0 Å². The summed E-state index contributed by atoms with van der Waals surface area (Å²) in [5.74, 6) is -1.37. The monoisotopic (exact) mass is 257 g/mol. The third kappa shape index (κ3) is 5.41. The molecular weight excluding hydrogens is 242 g/mol. The Morgan fingerprint density at radius 3 is 2.76 bits per heavy atom. The van der Waals surface area contributed by atoms with Crippen molar-refractivity contribution < 1.29 is 14.7 Å². The van der Waals surface area contributed by atoms with E-state index in [1.165, 1.54) is 11.3 Å². The number of carbonyl (C=O) groups is 2. The van der Waals surface area contributed by atoms with Crippen molar-refractivity contribution in [1.29, 1.82) is 0 Å². The summed E-state index contributed by atoms with van der Waals surface area (Å²) in [5.41, 5.74) is 0. The summed E-state index contributed by atoms with van der Waals surface area (Å²) in [7, 11) is 0. The number of amides is 2. The zero-order valence-corrected chi connectivity index (χ0v) is 10.1. The third-order valence-corrected chi connectivity index (χ3v) is 2.67. The molecule has 17 heavy (non-hydrogen) atoms. The Morgan fingerprint density at radius 1 is 1.29 bits per heavy atom. The van der Waals surface area contributed by atoms with Gasteiger partial charge in [0.05, 0.1) is 0 Å². The van der Waals surface area contributed by atoms with Crippen molar-refractivity contribution in [2.75, 3.05) is 18.5 Å². The average Bonchev–Trinajstić information content (AvgIpc) is 2.81. The van der Waals surface area contributed by atoms with E-state index >= 15 is 0 Å². The van der Waals surface area contributed by atoms with Crippen molar-refractivity contribution in [3.63, 3.8) is 0 Å². The molecule has 0 radical (unpaired) electrons. The van der Waals surface area contributed by atoms with Crippen LogP contribution in [0.3, 0.4) is 0 Å². The Labute approximate surface area is 103 Å². The first-order chi connectivity index (χ1) is 8.24. The normalized spacial score (nSPS) is 9.94. The van der Waals surface area contributed by atoms with E-state index in [0.717, 1.165) is 12.8 Å². The maximum Gasteiger partial charge on any atom is 0.315 e. The van der Waals surface area contributed by atoms with E-state index in [9.17, 15) is 9.59 Å². The maximum absolute atomic E-state index is 11.3. The van der Waals surface area contributed by atoms with Gasteiger partial charge in [0.15, 0.2) is 5.13 Å². The molecule has 0 aliphatic carbocycles. The average molecular weight is 257 g/mol. The fourth-order valence-corrected chi connectivity index (χ4v) is 1.66. The number of aromatic nitrogens is 1. The molecule has 2 amide bonds. The molecule has 3 N–H and O–H groups in total. The zero-order valence-electron chi connectivity index (χ0n) is 9.31. The van der Waals surface area contributed by atoms with Gasteiger partial charge < -0.3 is 10.4 Å². The topological polar surface area (TPSA) is 91.3 Å². The van der Waals surface area contributed by atoms with Gasteiger partial charge in [0, 0.05) is 24.7 Å². The molecule has 1 heterocycles. The van der Waals surface area contributed by atoms with Crippen LogP contribution in [0.1, 0.15) is 19.3 Å². The Bertz CT molecular complexity index is 354. The molecule has 0 bridgehead atoms. The molecule has 0 aliphatic heterocycles.